The summed E-state index contributed by atoms with van der Waals surface area (Å²) in [6.45, 7) is 6.72. The van der Waals surface area contributed by atoms with Gasteiger partial charge in [-0.1, -0.05) is 18.6 Å². The number of aliphatic hydroxyl groups is 1. The van der Waals surface area contributed by atoms with E-state index >= 15 is 0 Å². The Kier molecular flexibility index (Phi) is 8.58. The van der Waals surface area contributed by atoms with E-state index in [0.29, 0.717) is 19.1 Å². The largest absolute Gasteiger partial charge is 0.491 e. The van der Waals surface area contributed by atoms with Crippen molar-refractivity contribution < 1.29 is 14.6 Å². The molecule has 28 heavy (non-hydrogen) atoms. The Morgan fingerprint density at radius 3 is 2.57 bits per heavy atom. The lowest BCUT2D eigenvalue weighted by molar-refractivity contribution is -0.127. The number of aliphatic hydroxyl groups excluding tert-OH is 1. The molecule has 1 atom stereocenters. The summed E-state index contributed by atoms with van der Waals surface area (Å²) in [5.41, 5.74) is 1.21. The van der Waals surface area contributed by atoms with Crippen LogP contribution in [-0.4, -0.2) is 72.8 Å². The Balaban J connectivity index is 1.27. The zero-order chi connectivity index (χ0) is 19.6. The van der Waals surface area contributed by atoms with E-state index in [9.17, 15) is 9.90 Å². The van der Waals surface area contributed by atoms with Crippen molar-refractivity contribution in [3.63, 3.8) is 0 Å². The maximum Gasteiger partial charge on any atom is 0.222 e. The number of carbonyl (C=O) groups is 1. The zero-order valence-corrected chi connectivity index (χ0v) is 16.9. The Bertz CT molecular complexity index is 587. The van der Waals surface area contributed by atoms with Crippen molar-refractivity contribution in [1.82, 2.24) is 15.1 Å². The second kappa shape index (κ2) is 11.4. The first-order chi connectivity index (χ1) is 13.7. The molecule has 0 radical (unpaired) electrons. The molecule has 1 aromatic carbocycles. The van der Waals surface area contributed by atoms with Crippen LogP contribution in [0.2, 0.25) is 0 Å². The fourth-order valence-electron chi connectivity index (χ4n) is 3.96. The smallest absolute Gasteiger partial charge is 0.222 e. The number of ether oxygens (including phenoxy) is 1. The van der Waals surface area contributed by atoms with E-state index in [1.807, 2.05) is 17.0 Å². The molecule has 1 amide bonds. The monoisotopic (exact) mass is 389 g/mol. The number of nitrogens with one attached hydrogen (secondary N) is 1. The van der Waals surface area contributed by atoms with Gasteiger partial charge in [-0.2, -0.15) is 0 Å². The van der Waals surface area contributed by atoms with E-state index in [-0.39, 0.29) is 0 Å². The molecule has 2 N–H and O–H groups in total. The number of piperidine rings is 1. The fourth-order valence-corrected chi connectivity index (χ4v) is 3.96. The summed E-state index contributed by atoms with van der Waals surface area (Å²) in [6, 6.07) is 8.05. The van der Waals surface area contributed by atoms with Gasteiger partial charge >= 0.3 is 0 Å². The molecule has 2 aliphatic heterocycles. The first-order valence-electron chi connectivity index (χ1n) is 10.8. The summed E-state index contributed by atoms with van der Waals surface area (Å²) in [6.07, 6.45) is 6.05. The molecule has 0 unspecified atom stereocenters. The van der Waals surface area contributed by atoms with Crippen LogP contribution in [0.1, 0.15) is 44.1 Å². The number of likely N-dealkylation sites (tertiary alicyclic amines) is 2. The average molecular weight is 390 g/mol. The highest BCUT2D eigenvalue weighted by atomic mass is 16.5. The van der Waals surface area contributed by atoms with Crippen LogP contribution in [0.25, 0.3) is 0 Å². The van der Waals surface area contributed by atoms with Crippen molar-refractivity contribution in [2.75, 3.05) is 45.9 Å². The van der Waals surface area contributed by atoms with E-state index in [1.165, 1.54) is 24.8 Å². The molecule has 2 heterocycles. The van der Waals surface area contributed by atoms with Gasteiger partial charge in [0, 0.05) is 32.6 Å². The van der Waals surface area contributed by atoms with Crippen molar-refractivity contribution in [1.29, 1.82) is 0 Å². The van der Waals surface area contributed by atoms with Gasteiger partial charge in [-0.3, -0.25) is 4.79 Å². The lowest BCUT2D eigenvalue weighted by Gasteiger charge is -2.28. The van der Waals surface area contributed by atoms with Gasteiger partial charge in [0.2, 0.25) is 5.91 Å². The quantitative estimate of drug-likeness (QED) is 0.567. The third-order valence-corrected chi connectivity index (χ3v) is 5.57. The second-order valence-corrected chi connectivity index (χ2v) is 7.98. The summed E-state index contributed by atoms with van der Waals surface area (Å²) >= 11 is 0. The number of nitrogens with zero attached hydrogens (tertiary/aromatic N) is 2. The van der Waals surface area contributed by atoms with E-state index in [2.05, 4.69) is 22.3 Å². The number of carbonyl (C=O) groups excluding carboxylic acids is 1. The Hall–Kier alpha value is -1.63. The zero-order valence-electron chi connectivity index (χ0n) is 16.9. The number of hydrogen-bond acceptors (Lipinski definition) is 5. The molecule has 0 bridgehead atoms. The van der Waals surface area contributed by atoms with E-state index in [1.54, 1.807) is 0 Å². The molecular weight excluding hydrogens is 354 g/mol. The van der Waals surface area contributed by atoms with Crippen LogP contribution in [0, 0.1) is 0 Å². The molecule has 2 saturated heterocycles. The van der Waals surface area contributed by atoms with Crippen LogP contribution in [0.4, 0.5) is 0 Å². The summed E-state index contributed by atoms with van der Waals surface area (Å²) in [7, 11) is 0. The molecule has 3 rings (SSSR count). The lowest BCUT2D eigenvalue weighted by Crippen LogP contribution is -2.38. The molecule has 1 aromatic rings. The third-order valence-electron chi connectivity index (χ3n) is 5.57. The minimum Gasteiger partial charge on any atom is -0.491 e. The van der Waals surface area contributed by atoms with Crippen molar-refractivity contribution in [3.8, 4) is 5.75 Å². The van der Waals surface area contributed by atoms with Crippen molar-refractivity contribution >= 4 is 5.91 Å². The molecule has 0 spiro atoms. The molecule has 6 heteroatoms. The first kappa shape index (κ1) is 21.1. The van der Waals surface area contributed by atoms with Gasteiger partial charge in [0.25, 0.3) is 0 Å². The van der Waals surface area contributed by atoms with Crippen LogP contribution in [0.15, 0.2) is 24.3 Å². The normalized spacial score (nSPS) is 19.2. The highest BCUT2D eigenvalue weighted by Gasteiger charge is 2.18. The molecule has 0 aromatic heterocycles. The number of benzene rings is 1. The second-order valence-electron chi connectivity index (χ2n) is 7.98. The Morgan fingerprint density at radius 1 is 1.07 bits per heavy atom. The van der Waals surface area contributed by atoms with Gasteiger partial charge < -0.3 is 25.0 Å². The van der Waals surface area contributed by atoms with E-state index < -0.39 is 6.10 Å². The van der Waals surface area contributed by atoms with Gasteiger partial charge in [-0.05, 0) is 63.0 Å². The summed E-state index contributed by atoms with van der Waals surface area (Å²) in [4.78, 5) is 15.9. The van der Waals surface area contributed by atoms with Gasteiger partial charge in [-0.25, -0.2) is 0 Å². The molecule has 2 aliphatic rings. The van der Waals surface area contributed by atoms with Crippen LogP contribution in [0.5, 0.6) is 5.75 Å². The van der Waals surface area contributed by atoms with Gasteiger partial charge in [0.1, 0.15) is 18.5 Å². The molecule has 156 valence electrons. The van der Waals surface area contributed by atoms with Gasteiger partial charge in [0.05, 0.1) is 0 Å². The molecule has 0 aliphatic carbocycles. The molecule has 0 saturated carbocycles. The minimum atomic E-state index is -0.443. The predicted molar refractivity (Wildman–Crippen MR) is 110 cm³/mol. The van der Waals surface area contributed by atoms with Crippen LogP contribution < -0.4 is 10.1 Å². The maximum atomic E-state index is 11.6. The average Bonchev–Trinajstić information content (AvgIpc) is 3.12. The minimum absolute atomic E-state index is 0.302. The van der Waals surface area contributed by atoms with Crippen molar-refractivity contribution in [2.24, 2.45) is 0 Å². The standard InChI is InChI=1S/C22H35N3O3/c26-20(17-24-12-2-1-3-13-24)18-28-21-9-7-19(8-10-21)16-23-11-5-15-25-14-4-6-22(25)27/h7-10,20,23,26H,1-6,11-18H2/t20-/m0/s1. The highest BCUT2D eigenvalue weighted by Crippen LogP contribution is 2.14. The summed E-state index contributed by atoms with van der Waals surface area (Å²) < 4.78 is 5.74. The van der Waals surface area contributed by atoms with Crippen LogP contribution in [0.3, 0.4) is 0 Å². The third kappa shape index (κ3) is 7.08. The maximum absolute atomic E-state index is 11.6. The van der Waals surface area contributed by atoms with E-state index in [4.69, 9.17) is 4.74 Å². The topological polar surface area (TPSA) is 65.0 Å². The number of β-amino-alcohol motifs (C(OH)–C–C–N with tert-alkyl or cyclic N) is 1. The fraction of sp³-hybridized carbons (Fsp3) is 0.682. The molecule has 6 nitrogen and oxygen atoms in total. The molecular formula is C22H35N3O3. The van der Waals surface area contributed by atoms with Crippen LogP contribution >= 0.6 is 0 Å². The van der Waals surface area contributed by atoms with Gasteiger partial charge in [0.15, 0.2) is 0 Å². The lowest BCUT2D eigenvalue weighted by atomic mass is 10.1. The van der Waals surface area contributed by atoms with Crippen molar-refractivity contribution in [3.05, 3.63) is 29.8 Å². The Morgan fingerprint density at radius 2 is 1.86 bits per heavy atom. The first-order valence-corrected chi connectivity index (χ1v) is 10.8. The van der Waals surface area contributed by atoms with Crippen molar-refractivity contribution in [2.45, 2.75) is 51.2 Å². The number of amides is 1. The summed E-state index contributed by atoms with van der Waals surface area (Å²) in [5.74, 6) is 1.10. The Labute approximate surface area is 168 Å². The predicted octanol–water partition coefficient (Wildman–Crippen LogP) is 2.01. The van der Waals surface area contributed by atoms with Crippen LogP contribution in [-0.2, 0) is 11.3 Å². The summed E-state index contributed by atoms with van der Waals surface area (Å²) in [5, 5.41) is 13.6. The van der Waals surface area contributed by atoms with Gasteiger partial charge in [-0.15, -0.1) is 0 Å². The SMILES string of the molecule is O=C1CCCN1CCCNCc1ccc(OC[C@@H](O)CN2CCCCC2)cc1. The number of hydrogen-bond donors (Lipinski definition) is 2. The highest BCUT2D eigenvalue weighted by molar-refractivity contribution is 5.77. The number of rotatable bonds is 11. The molecule has 2 fully saturated rings. The van der Waals surface area contributed by atoms with E-state index in [0.717, 1.165) is 64.3 Å².